The van der Waals surface area contributed by atoms with E-state index in [1.807, 2.05) is 48.5 Å². The highest BCUT2D eigenvalue weighted by molar-refractivity contribution is 5.94. The van der Waals surface area contributed by atoms with Crippen molar-refractivity contribution in [2.75, 3.05) is 20.2 Å². The summed E-state index contributed by atoms with van der Waals surface area (Å²) in [6.07, 6.45) is 0.962. The molecule has 0 aliphatic carbocycles. The van der Waals surface area contributed by atoms with Crippen molar-refractivity contribution in [1.29, 1.82) is 0 Å². The number of amides is 1. The molecule has 1 aliphatic heterocycles. The Morgan fingerprint density at radius 2 is 1.76 bits per heavy atom. The smallest absolute Gasteiger partial charge is 0.251 e. The number of aliphatic hydroxyl groups is 1. The summed E-state index contributed by atoms with van der Waals surface area (Å²) in [6, 6.07) is 24.7. The maximum Gasteiger partial charge on any atom is 0.251 e. The fourth-order valence-corrected chi connectivity index (χ4v) is 4.23. The number of carbonyl (C=O) groups excluding carboxylic acids is 1. The minimum absolute atomic E-state index is 0.193. The minimum Gasteiger partial charge on any atom is -0.497 e. The highest BCUT2D eigenvalue weighted by atomic mass is 16.5. The Kier molecular flexibility index (Phi) is 8.17. The second-order valence-electron chi connectivity index (χ2n) is 8.67. The normalized spacial score (nSPS) is 18.6. The van der Waals surface area contributed by atoms with Gasteiger partial charge < -0.3 is 19.9 Å². The van der Waals surface area contributed by atoms with Crippen molar-refractivity contribution >= 4 is 5.91 Å². The van der Waals surface area contributed by atoms with Crippen LogP contribution in [0.3, 0.4) is 0 Å². The van der Waals surface area contributed by atoms with E-state index < -0.39 is 6.10 Å². The van der Waals surface area contributed by atoms with Gasteiger partial charge in [0, 0.05) is 18.7 Å². The van der Waals surface area contributed by atoms with Gasteiger partial charge in [-0.25, -0.2) is 0 Å². The van der Waals surface area contributed by atoms with E-state index in [2.05, 4.69) is 16.3 Å². The molecule has 4 rings (SSSR count). The molecule has 6 nitrogen and oxygen atoms in total. The maximum absolute atomic E-state index is 12.9. The maximum atomic E-state index is 12.9. The number of hydrogen-bond acceptors (Lipinski definition) is 5. The minimum atomic E-state index is -0.576. The lowest BCUT2D eigenvalue weighted by Crippen LogP contribution is -2.48. The number of ether oxygens (including phenoxy) is 2. The van der Waals surface area contributed by atoms with Crippen LogP contribution in [0.5, 0.6) is 11.5 Å². The number of carbonyl (C=O) groups is 1. The molecule has 3 aromatic carbocycles. The first-order valence-electron chi connectivity index (χ1n) is 11.7. The summed E-state index contributed by atoms with van der Waals surface area (Å²) in [4.78, 5) is 15.2. The molecule has 2 N–H and O–H groups in total. The number of nitrogens with one attached hydrogen (secondary N) is 1. The van der Waals surface area contributed by atoms with Crippen LogP contribution in [0, 0.1) is 0 Å². The Morgan fingerprint density at radius 1 is 1.00 bits per heavy atom. The van der Waals surface area contributed by atoms with Crippen molar-refractivity contribution in [3.63, 3.8) is 0 Å². The topological polar surface area (TPSA) is 71.0 Å². The molecule has 1 heterocycles. The fourth-order valence-electron chi connectivity index (χ4n) is 4.23. The highest BCUT2D eigenvalue weighted by Gasteiger charge is 2.27. The SMILES string of the molecule is COc1cccc(CN2CCCC(O)C(NC(=O)c3ccc(OCc4ccccc4)cc3)C2)c1. The first-order chi connectivity index (χ1) is 16.6. The molecule has 34 heavy (non-hydrogen) atoms. The summed E-state index contributed by atoms with van der Waals surface area (Å²) in [6.45, 7) is 2.67. The third kappa shape index (κ3) is 6.59. The van der Waals surface area contributed by atoms with Gasteiger partial charge in [0.1, 0.15) is 18.1 Å². The van der Waals surface area contributed by atoms with Crippen LogP contribution in [0.4, 0.5) is 0 Å². The van der Waals surface area contributed by atoms with Crippen molar-refractivity contribution in [1.82, 2.24) is 10.2 Å². The van der Waals surface area contributed by atoms with E-state index in [0.29, 0.717) is 30.9 Å². The highest BCUT2D eigenvalue weighted by Crippen LogP contribution is 2.19. The quantitative estimate of drug-likeness (QED) is 0.531. The first-order valence-corrected chi connectivity index (χ1v) is 11.7. The van der Waals surface area contributed by atoms with Gasteiger partial charge in [0.15, 0.2) is 0 Å². The van der Waals surface area contributed by atoms with Gasteiger partial charge >= 0.3 is 0 Å². The summed E-state index contributed by atoms with van der Waals surface area (Å²) in [7, 11) is 1.66. The average molecular weight is 461 g/mol. The van der Waals surface area contributed by atoms with E-state index in [4.69, 9.17) is 9.47 Å². The molecule has 2 unspecified atom stereocenters. The fraction of sp³-hybridized carbons (Fsp3) is 0.321. The van der Waals surface area contributed by atoms with Gasteiger partial charge in [0.2, 0.25) is 0 Å². The lowest BCUT2D eigenvalue weighted by Gasteiger charge is -2.27. The molecular formula is C28H32N2O4. The molecular weight excluding hydrogens is 428 g/mol. The third-order valence-electron chi connectivity index (χ3n) is 6.12. The molecule has 0 aromatic heterocycles. The molecule has 0 spiro atoms. The Balaban J connectivity index is 1.34. The van der Waals surface area contributed by atoms with E-state index in [-0.39, 0.29) is 11.9 Å². The number of methoxy groups -OCH3 is 1. The van der Waals surface area contributed by atoms with Gasteiger partial charge in [0.25, 0.3) is 5.91 Å². The number of hydrogen-bond donors (Lipinski definition) is 2. The van der Waals surface area contributed by atoms with Crippen molar-refractivity contribution < 1.29 is 19.4 Å². The first kappa shape index (κ1) is 23.8. The predicted octanol–water partition coefficient (Wildman–Crippen LogP) is 4.03. The molecule has 3 aromatic rings. The van der Waals surface area contributed by atoms with Gasteiger partial charge in [-0.1, -0.05) is 42.5 Å². The van der Waals surface area contributed by atoms with Crippen LogP contribution in [-0.4, -0.2) is 48.3 Å². The molecule has 6 heteroatoms. The van der Waals surface area contributed by atoms with Crippen LogP contribution in [0.2, 0.25) is 0 Å². The third-order valence-corrected chi connectivity index (χ3v) is 6.12. The monoisotopic (exact) mass is 460 g/mol. The van der Waals surface area contributed by atoms with Gasteiger partial charge in [0.05, 0.1) is 19.3 Å². The second-order valence-corrected chi connectivity index (χ2v) is 8.67. The van der Waals surface area contributed by atoms with Gasteiger partial charge in [-0.15, -0.1) is 0 Å². The summed E-state index contributed by atoms with van der Waals surface area (Å²) < 4.78 is 11.1. The van der Waals surface area contributed by atoms with Crippen molar-refractivity contribution in [2.45, 2.75) is 38.1 Å². The number of nitrogens with zero attached hydrogens (tertiary/aromatic N) is 1. The summed E-state index contributed by atoms with van der Waals surface area (Å²) in [5.74, 6) is 1.34. The number of rotatable bonds is 8. The van der Waals surface area contributed by atoms with Crippen molar-refractivity contribution in [3.8, 4) is 11.5 Å². The van der Waals surface area contributed by atoms with E-state index in [1.165, 1.54) is 0 Å². The van der Waals surface area contributed by atoms with E-state index in [1.54, 1.807) is 31.4 Å². The Morgan fingerprint density at radius 3 is 2.53 bits per heavy atom. The lowest BCUT2D eigenvalue weighted by molar-refractivity contribution is 0.0798. The van der Waals surface area contributed by atoms with Crippen molar-refractivity contribution in [2.24, 2.45) is 0 Å². The van der Waals surface area contributed by atoms with Gasteiger partial charge in [-0.3, -0.25) is 9.69 Å². The predicted molar refractivity (Wildman–Crippen MR) is 132 cm³/mol. The second kappa shape index (κ2) is 11.7. The molecule has 0 radical (unpaired) electrons. The Labute approximate surface area is 201 Å². The van der Waals surface area contributed by atoms with Crippen LogP contribution >= 0.6 is 0 Å². The lowest BCUT2D eigenvalue weighted by atomic mass is 10.1. The number of likely N-dealkylation sites (tertiary alicyclic amines) is 1. The molecule has 1 fully saturated rings. The molecule has 178 valence electrons. The average Bonchev–Trinajstić information content (AvgIpc) is 3.04. The van der Waals surface area contributed by atoms with Gasteiger partial charge in [-0.05, 0) is 66.9 Å². The van der Waals surface area contributed by atoms with E-state index >= 15 is 0 Å². The molecule has 1 aliphatic rings. The largest absolute Gasteiger partial charge is 0.497 e. The van der Waals surface area contributed by atoms with Crippen molar-refractivity contribution in [3.05, 3.63) is 95.6 Å². The standard InChI is InChI=1S/C28H32N2O4/c1-33-25-10-5-9-22(17-25)18-30-16-6-11-27(31)26(19-30)29-28(32)23-12-14-24(15-13-23)34-20-21-7-3-2-4-8-21/h2-5,7-10,12-15,17,26-27,31H,6,11,16,18-20H2,1H3,(H,29,32). The summed E-state index contributed by atoms with van der Waals surface area (Å²) in [5.41, 5.74) is 2.78. The zero-order chi connectivity index (χ0) is 23.8. The van der Waals surface area contributed by atoms with Crippen LogP contribution in [-0.2, 0) is 13.2 Å². The number of benzene rings is 3. The Bertz CT molecular complexity index is 1060. The van der Waals surface area contributed by atoms with Crippen LogP contribution in [0.25, 0.3) is 0 Å². The van der Waals surface area contributed by atoms with Crippen LogP contribution < -0.4 is 14.8 Å². The molecule has 0 saturated carbocycles. The van der Waals surface area contributed by atoms with E-state index in [9.17, 15) is 9.90 Å². The zero-order valence-corrected chi connectivity index (χ0v) is 19.5. The number of aliphatic hydroxyl groups excluding tert-OH is 1. The summed E-state index contributed by atoms with van der Waals surface area (Å²) >= 11 is 0. The Hall–Kier alpha value is -3.35. The van der Waals surface area contributed by atoms with E-state index in [0.717, 1.165) is 36.4 Å². The molecule has 0 bridgehead atoms. The molecule has 1 saturated heterocycles. The molecule has 1 amide bonds. The van der Waals surface area contributed by atoms with Crippen LogP contribution in [0.15, 0.2) is 78.9 Å². The molecule has 2 atom stereocenters. The van der Waals surface area contributed by atoms with Gasteiger partial charge in [-0.2, -0.15) is 0 Å². The van der Waals surface area contributed by atoms with Crippen LogP contribution in [0.1, 0.15) is 34.3 Å². The zero-order valence-electron chi connectivity index (χ0n) is 19.5. The summed E-state index contributed by atoms with van der Waals surface area (Å²) in [5, 5.41) is 13.7.